The molecule has 5 heteroatoms. The zero-order chi connectivity index (χ0) is 24.6. The number of benzene rings is 4. The molecular formula is C31H33NO4. The van der Waals surface area contributed by atoms with E-state index < -0.39 is 0 Å². The highest BCUT2D eigenvalue weighted by Gasteiger charge is 2.31. The molecule has 0 spiro atoms. The standard InChI is InChI=1S/C31H33NO4/c1-33-28-14-23-22-13-21-11-7-8-12-32(21)18-27(22)26-17-31(36-19-20-9-5-4-6-10-20)30(35-3)16-25(26)24(23)15-29(28)34-2/h4-6,9-10,14-17,21H,7-8,11-13,18-19H2,1-3H3. The molecule has 36 heavy (non-hydrogen) atoms. The molecule has 6 rings (SSSR count). The molecule has 0 radical (unpaired) electrons. The summed E-state index contributed by atoms with van der Waals surface area (Å²) in [5.74, 6) is 3.02. The van der Waals surface area contributed by atoms with Gasteiger partial charge in [-0.05, 0) is 88.3 Å². The fourth-order valence-corrected chi connectivity index (χ4v) is 6.07. The number of fused-ring (bicyclic) bond motifs is 7. The van der Waals surface area contributed by atoms with Crippen molar-refractivity contribution in [1.29, 1.82) is 0 Å². The Morgan fingerprint density at radius 1 is 0.722 bits per heavy atom. The van der Waals surface area contributed by atoms with Crippen molar-refractivity contribution in [2.45, 2.75) is 44.9 Å². The Morgan fingerprint density at radius 3 is 2.03 bits per heavy atom. The number of rotatable bonds is 6. The molecule has 1 unspecified atom stereocenters. The number of ether oxygens (including phenoxy) is 4. The molecule has 0 bridgehead atoms. The highest BCUT2D eigenvalue weighted by molar-refractivity contribution is 6.12. The number of methoxy groups -OCH3 is 3. The van der Waals surface area contributed by atoms with Crippen LogP contribution in [0.1, 0.15) is 36.0 Å². The maximum Gasteiger partial charge on any atom is 0.162 e. The van der Waals surface area contributed by atoms with Gasteiger partial charge in [-0.2, -0.15) is 0 Å². The third-order valence-electron chi connectivity index (χ3n) is 7.92. The van der Waals surface area contributed by atoms with Crippen LogP contribution in [-0.4, -0.2) is 38.8 Å². The van der Waals surface area contributed by atoms with E-state index in [-0.39, 0.29) is 0 Å². The first kappa shape index (κ1) is 23.0. The Kier molecular flexibility index (Phi) is 6.10. The molecule has 0 aliphatic carbocycles. The quantitative estimate of drug-likeness (QED) is 0.293. The van der Waals surface area contributed by atoms with E-state index in [9.17, 15) is 0 Å². The minimum atomic E-state index is 0.498. The summed E-state index contributed by atoms with van der Waals surface area (Å²) in [5.41, 5.74) is 3.96. The van der Waals surface area contributed by atoms with E-state index in [0.717, 1.165) is 46.9 Å². The summed E-state index contributed by atoms with van der Waals surface area (Å²) in [5, 5.41) is 4.81. The first-order valence-corrected chi connectivity index (χ1v) is 12.8. The summed E-state index contributed by atoms with van der Waals surface area (Å²) < 4.78 is 23.6. The Hall–Kier alpha value is -3.44. The van der Waals surface area contributed by atoms with Gasteiger partial charge in [-0.3, -0.25) is 4.90 Å². The third kappa shape index (κ3) is 3.92. The molecular weight excluding hydrogens is 450 g/mol. The van der Waals surface area contributed by atoms with Gasteiger partial charge in [-0.25, -0.2) is 0 Å². The Balaban J connectivity index is 1.57. The summed E-state index contributed by atoms with van der Waals surface area (Å²) in [6.07, 6.45) is 4.92. The summed E-state index contributed by atoms with van der Waals surface area (Å²) in [6.45, 7) is 2.63. The van der Waals surface area contributed by atoms with E-state index in [1.807, 2.05) is 18.2 Å². The SMILES string of the molecule is COc1cc2c3c(c4cc(OCc5ccccc5)c(OC)cc4c2cc1OC)CN1CCCCC1C3. The largest absolute Gasteiger partial charge is 0.493 e. The lowest BCUT2D eigenvalue weighted by Crippen LogP contribution is -2.43. The molecule has 2 heterocycles. The first-order chi connectivity index (χ1) is 17.7. The van der Waals surface area contributed by atoms with Crippen LogP contribution in [0.2, 0.25) is 0 Å². The molecule has 0 N–H and O–H groups in total. The van der Waals surface area contributed by atoms with Crippen molar-refractivity contribution in [1.82, 2.24) is 4.90 Å². The Bertz CT molecular complexity index is 1420. The van der Waals surface area contributed by atoms with Gasteiger partial charge < -0.3 is 18.9 Å². The van der Waals surface area contributed by atoms with Crippen LogP contribution < -0.4 is 18.9 Å². The number of hydrogen-bond acceptors (Lipinski definition) is 5. The first-order valence-electron chi connectivity index (χ1n) is 12.8. The predicted molar refractivity (Wildman–Crippen MR) is 144 cm³/mol. The van der Waals surface area contributed by atoms with Gasteiger partial charge in [0.05, 0.1) is 21.3 Å². The predicted octanol–water partition coefficient (Wildman–Crippen LogP) is 6.51. The lowest BCUT2D eigenvalue weighted by molar-refractivity contribution is 0.128. The summed E-state index contributed by atoms with van der Waals surface area (Å²) in [6, 6.07) is 19.5. The van der Waals surface area contributed by atoms with Crippen LogP contribution in [0.5, 0.6) is 23.0 Å². The second kappa shape index (κ2) is 9.55. The monoisotopic (exact) mass is 483 g/mol. The van der Waals surface area contributed by atoms with Crippen LogP contribution in [0.4, 0.5) is 0 Å². The lowest BCUT2D eigenvalue weighted by atomic mass is 9.82. The van der Waals surface area contributed by atoms with Gasteiger partial charge in [-0.15, -0.1) is 0 Å². The van der Waals surface area contributed by atoms with Gasteiger partial charge in [0, 0.05) is 12.6 Å². The molecule has 5 nitrogen and oxygen atoms in total. The summed E-state index contributed by atoms with van der Waals surface area (Å²) in [7, 11) is 5.11. The van der Waals surface area contributed by atoms with E-state index in [2.05, 4.69) is 41.3 Å². The van der Waals surface area contributed by atoms with Crippen molar-refractivity contribution in [3.05, 3.63) is 71.3 Å². The molecule has 4 aromatic carbocycles. The molecule has 0 amide bonds. The van der Waals surface area contributed by atoms with Crippen LogP contribution >= 0.6 is 0 Å². The van der Waals surface area contributed by atoms with Crippen molar-refractivity contribution in [3.8, 4) is 23.0 Å². The van der Waals surface area contributed by atoms with Gasteiger partial charge in [-0.1, -0.05) is 36.8 Å². The smallest absolute Gasteiger partial charge is 0.162 e. The second-order valence-corrected chi connectivity index (χ2v) is 9.86. The average molecular weight is 484 g/mol. The van der Waals surface area contributed by atoms with Gasteiger partial charge in [0.25, 0.3) is 0 Å². The fraction of sp³-hybridized carbons (Fsp3) is 0.355. The topological polar surface area (TPSA) is 40.2 Å². The van der Waals surface area contributed by atoms with Gasteiger partial charge in [0.2, 0.25) is 0 Å². The molecule has 0 saturated carbocycles. The van der Waals surface area contributed by atoms with E-state index >= 15 is 0 Å². The maximum atomic E-state index is 6.33. The van der Waals surface area contributed by atoms with E-state index in [0.29, 0.717) is 12.6 Å². The molecule has 0 aromatic heterocycles. The third-order valence-corrected chi connectivity index (χ3v) is 7.92. The van der Waals surface area contributed by atoms with Crippen LogP contribution in [0, 0.1) is 0 Å². The minimum absolute atomic E-state index is 0.498. The van der Waals surface area contributed by atoms with Crippen LogP contribution in [0.15, 0.2) is 54.6 Å². The normalized spacial score (nSPS) is 17.5. The average Bonchev–Trinajstić information content (AvgIpc) is 2.94. The van der Waals surface area contributed by atoms with Crippen LogP contribution in [0.25, 0.3) is 21.5 Å². The molecule has 1 fully saturated rings. The highest BCUT2D eigenvalue weighted by Crippen LogP contribution is 2.46. The molecule has 4 aromatic rings. The van der Waals surface area contributed by atoms with Crippen LogP contribution in [-0.2, 0) is 19.6 Å². The van der Waals surface area contributed by atoms with E-state index in [4.69, 9.17) is 18.9 Å². The van der Waals surface area contributed by atoms with E-state index in [1.165, 1.54) is 53.1 Å². The Morgan fingerprint density at radius 2 is 1.33 bits per heavy atom. The van der Waals surface area contributed by atoms with Crippen molar-refractivity contribution in [3.63, 3.8) is 0 Å². The lowest BCUT2D eigenvalue weighted by Gasteiger charge is -2.41. The second-order valence-electron chi connectivity index (χ2n) is 9.86. The zero-order valence-electron chi connectivity index (χ0n) is 21.3. The number of piperidine rings is 1. The minimum Gasteiger partial charge on any atom is -0.493 e. The van der Waals surface area contributed by atoms with Gasteiger partial charge in [0.15, 0.2) is 23.0 Å². The number of nitrogens with zero attached hydrogens (tertiary/aromatic N) is 1. The summed E-state index contributed by atoms with van der Waals surface area (Å²) >= 11 is 0. The maximum absolute atomic E-state index is 6.33. The molecule has 1 saturated heterocycles. The molecule has 2 aliphatic heterocycles. The molecule has 1 atom stereocenters. The Labute approximate surface area is 212 Å². The van der Waals surface area contributed by atoms with Crippen molar-refractivity contribution >= 4 is 21.5 Å². The van der Waals surface area contributed by atoms with Crippen molar-refractivity contribution in [2.24, 2.45) is 0 Å². The highest BCUT2D eigenvalue weighted by atomic mass is 16.5. The van der Waals surface area contributed by atoms with Gasteiger partial charge in [0.1, 0.15) is 6.61 Å². The molecule has 2 aliphatic rings. The molecule has 186 valence electrons. The van der Waals surface area contributed by atoms with Gasteiger partial charge >= 0.3 is 0 Å². The van der Waals surface area contributed by atoms with Crippen molar-refractivity contribution in [2.75, 3.05) is 27.9 Å². The van der Waals surface area contributed by atoms with E-state index in [1.54, 1.807) is 21.3 Å². The van der Waals surface area contributed by atoms with Crippen molar-refractivity contribution < 1.29 is 18.9 Å². The fourth-order valence-electron chi connectivity index (χ4n) is 6.07. The number of hydrogen-bond donors (Lipinski definition) is 0. The summed E-state index contributed by atoms with van der Waals surface area (Å²) in [4.78, 5) is 2.67. The van der Waals surface area contributed by atoms with Crippen LogP contribution in [0.3, 0.4) is 0 Å². The zero-order valence-corrected chi connectivity index (χ0v) is 21.3.